The Morgan fingerprint density at radius 2 is 2.15 bits per heavy atom. The Morgan fingerprint density at radius 1 is 1.35 bits per heavy atom. The van der Waals surface area contributed by atoms with Gasteiger partial charge in [-0.3, -0.25) is 4.79 Å². The van der Waals surface area contributed by atoms with Crippen LogP contribution < -0.4 is 11.1 Å². The molecule has 3 N–H and O–H groups in total. The van der Waals surface area contributed by atoms with Gasteiger partial charge in [-0.1, -0.05) is 12.1 Å². The summed E-state index contributed by atoms with van der Waals surface area (Å²) in [5.41, 5.74) is 7.45. The summed E-state index contributed by atoms with van der Waals surface area (Å²) < 4.78 is 7.33. The number of hydrogen-bond donors (Lipinski definition) is 2. The van der Waals surface area contributed by atoms with E-state index >= 15 is 0 Å². The van der Waals surface area contributed by atoms with Crippen LogP contribution in [0.15, 0.2) is 36.5 Å². The van der Waals surface area contributed by atoms with Crippen LogP contribution in [0, 0.1) is 0 Å². The molecule has 0 spiro atoms. The third-order valence-electron chi connectivity index (χ3n) is 3.30. The Balaban J connectivity index is 1.79. The summed E-state index contributed by atoms with van der Waals surface area (Å²) in [4.78, 5) is 11.0. The minimum atomic E-state index is -0.526. The fourth-order valence-electron chi connectivity index (χ4n) is 2.22. The first-order valence-electron chi connectivity index (χ1n) is 6.52. The van der Waals surface area contributed by atoms with Gasteiger partial charge in [0.2, 0.25) is 0 Å². The average Bonchev–Trinajstić information content (AvgIpc) is 2.98. The lowest BCUT2D eigenvalue weighted by molar-refractivity contribution is 0.0277. The summed E-state index contributed by atoms with van der Waals surface area (Å²) in [6.07, 6.45) is 1.81. The van der Waals surface area contributed by atoms with Crippen LogP contribution in [0.3, 0.4) is 0 Å². The van der Waals surface area contributed by atoms with Crippen molar-refractivity contribution < 1.29 is 9.53 Å². The highest BCUT2D eigenvalue weighted by Gasteiger charge is 2.15. The van der Waals surface area contributed by atoms with Crippen LogP contribution in [0.2, 0.25) is 0 Å². The summed E-state index contributed by atoms with van der Waals surface area (Å²) in [5.74, 6) is -0.526. The molecular formula is C14H16N4O2. The third-order valence-corrected chi connectivity index (χ3v) is 3.30. The van der Waals surface area contributed by atoms with E-state index < -0.39 is 5.91 Å². The Hall–Kier alpha value is -2.18. The van der Waals surface area contributed by atoms with Gasteiger partial charge in [-0.25, -0.2) is 4.68 Å². The smallest absolute Gasteiger partial charge is 0.269 e. The minimum absolute atomic E-state index is 0.0941. The minimum Gasteiger partial charge on any atom is -0.371 e. The molecule has 1 amide bonds. The van der Waals surface area contributed by atoms with E-state index in [-0.39, 0.29) is 11.8 Å². The Kier molecular flexibility index (Phi) is 3.49. The molecule has 1 aliphatic heterocycles. The number of benzene rings is 1. The number of amides is 1. The van der Waals surface area contributed by atoms with Gasteiger partial charge < -0.3 is 15.8 Å². The molecule has 1 aromatic carbocycles. The standard InChI is InChI=1S/C14H16N4O2/c15-14(19)12-5-7-18(17-12)11-3-1-10(2-4-11)13-9-16-6-8-20-13/h1-5,7,13,16H,6,8-9H2,(H2,15,19)/t13-/m1/s1. The topological polar surface area (TPSA) is 82.2 Å². The van der Waals surface area contributed by atoms with Gasteiger partial charge in [0.05, 0.1) is 18.4 Å². The molecule has 0 aliphatic carbocycles. The van der Waals surface area contributed by atoms with Crippen LogP contribution in [0.5, 0.6) is 0 Å². The van der Waals surface area contributed by atoms with Crippen molar-refractivity contribution >= 4 is 5.91 Å². The van der Waals surface area contributed by atoms with Crippen molar-refractivity contribution in [3.05, 3.63) is 47.8 Å². The number of morpholine rings is 1. The summed E-state index contributed by atoms with van der Waals surface area (Å²) in [5, 5.41) is 7.42. The van der Waals surface area contributed by atoms with Crippen LogP contribution in [0.1, 0.15) is 22.2 Å². The van der Waals surface area contributed by atoms with Crippen LogP contribution >= 0.6 is 0 Å². The number of carbonyl (C=O) groups excluding carboxylic acids is 1. The lowest BCUT2D eigenvalue weighted by Crippen LogP contribution is -2.33. The van der Waals surface area contributed by atoms with E-state index in [0.717, 1.165) is 30.9 Å². The van der Waals surface area contributed by atoms with Gasteiger partial charge in [0, 0.05) is 19.3 Å². The van der Waals surface area contributed by atoms with Crippen LogP contribution in [-0.4, -0.2) is 35.4 Å². The van der Waals surface area contributed by atoms with E-state index in [1.54, 1.807) is 16.9 Å². The summed E-state index contributed by atoms with van der Waals surface area (Å²) >= 11 is 0. The van der Waals surface area contributed by atoms with Crippen molar-refractivity contribution in [2.75, 3.05) is 19.7 Å². The maximum Gasteiger partial charge on any atom is 0.269 e. The van der Waals surface area contributed by atoms with Gasteiger partial charge in [-0.2, -0.15) is 5.10 Å². The molecule has 0 saturated carbocycles. The highest BCUT2D eigenvalue weighted by molar-refractivity contribution is 5.90. The number of nitrogens with one attached hydrogen (secondary N) is 1. The number of nitrogens with two attached hydrogens (primary N) is 1. The van der Waals surface area contributed by atoms with Gasteiger partial charge in [-0.15, -0.1) is 0 Å². The first-order valence-corrected chi connectivity index (χ1v) is 6.52. The van der Waals surface area contributed by atoms with Crippen molar-refractivity contribution in [1.82, 2.24) is 15.1 Å². The SMILES string of the molecule is NC(=O)c1ccn(-c2ccc([C@H]3CNCCO3)cc2)n1. The molecule has 0 unspecified atom stereocenters. The zero-order valence-electron chi connectivity index (χ0n) is 11.0. The lowest BCUT2D eigenvalue weighted by atomic mass is 10.1. The fourth-order valence-corrected chi connectivity index (χ4v) is 2.22. The van der Waals surface area contributed by atoms with E-state index in [1.165, 1.54) is 0 Å². The molecule has 0 bridgehead atoms. The molecule has 0 radical (unpaired) electrons. The van der Waals surface area contributed by atoms with Crippen molar-refractivity contribution in [1.29, 1.82) is 0 Å². The largest absolute Gasteiger partial charge is 0.371 e. The number of aromatic nitrogens is 2. The average molecular weight is 272 g/mol. The fraction of sp³-hybridized carbons (Fsp3) is 0.286. The molecule has 3 rings (SSSR count). The zero-order chi connectivity index (χ0) is 13.9. The molecule has 2 heterocycles. The van der Waals surface area contributed by atoms with E-state index in [2.05, 4.69) is 10.4 Å². The van der Waals surface area contributed by atoms with E-state index in [4.69, 9.17) is 10.5 Å². The second-order valence-corrected chi connectivity index (χ2v) is 4.66. The number of nitrogens with zero attached hydrogens (tertiary/aromatic N) is 2. The zero-order valence-corrected chi connectivity index (χ0v) is 11.0. The molecule has 6 heteroatoms. The first kappa shape index (κ1) is 12.8. The van der Waals surface area contributed by atoms with Crippen molar-refractivity contribution in [2.45, 2.75) is 6.10 Å². The Labute approximate surface area is 116 Å². The molecular weight excluding hydrogens is 256 g/mol. The second-order valence-electron chi connectivity index (χ2n) is 4.66. The number of ether oxygens (including phenoxy) is 1. The number of hydrogen-bond acceptors (Lipinski definition) is 4. The van der Waals surface area contributed by atoms with E-state index in [0.29, 0.717) is 0 Å². The highest BCUT2D eigenvalue weighted by atomic mass is 16.5. The summed E-state index contributed by atoms with van der Waals surface area (Å²) in [6, 6.07) is 9.53. The van der Waals surface area contributed by atoms with Gasteiger partial charge in [0.15, 0.2) is 0 Å². The maximum atomic E-state index is 11.0. The van der Waals surface area contributed by atoms with Gasteiger partial charge in [0.25, 0.3) is 5.91 Å². The summed E-state index contributed by atoms with van der Waals surface area (Å²) in [7, 11) is 0. The molecule has 1 aliphatic rings. The van der Waals surface area contributed by atoms with Crippen LogP contribution in [0.4, 0.5) is 0 Å². The predicted octanol–water partition coefficient (Wildman–Crippen LogP) is 0.632. The van der Waals surface area contributed by atoms with Gasteiger partial charge in [-0.05, 0) is 23.8 Å². The van der Waals surface area contributed by atoms with Crippen molar-refractivity contribution in [3.63, 3.8) is 0 Å². The van der Waals surface area contributed by atoms with E-state index in [9.17, 15) is 4.79 Å². The lowest BCUT2D eigenvalue weighted by Gasteiger charge is -2.24. The Morgan fingerprint density at radius 3 is 2.75 bits per heavy atom. The molecule has 104 valence electrons. The monoisotopic (exact) mass is 272 g/mol. The molecule has 2 aromatic rings. The highest BCUT2D eigenvalue weighted by Crippen LogP contribution is 2.20. The maximum absolute atomic E-state index is 11.0. The first-order chi connectivity index (χ1) is 9.74. The normalized spacial score (nSPS) is 18.9. The predicted molar refractivity (Wildman–Crippen MR) is 73.6 cm³/mol. The second kappa shape index (κ2) is 5.44. The molecule has 1 atom stereocenters. The molecule has 6 nitrogen and oxygen atoms in total. The third kappa shape index (κ3) is 2.56. The quantitative estimate of drug-likeness (QED) is 0.858. The molecule has 1 fully saturated rings. The molecule has 1 saturated heterocycles. The van der Waals surface area contributed by atoms with Crippen LogP contribution in [-0.2, 0) is 4.74 Å². The summed E-state index contributed by atoms with van der Waals surface area (Å²) in [6.45, 7) is 2.46. The number of rotatable bonds is 3. The van der Waals surface area contributed by atoms with Crippen LogP contribution in [0.25, 0.3) is 5.69 Å². The Bertz CT molecular complexity index is 600. The molecule has 1 aromatic heterocycles. The molecule has 20 heavy (non-hydrogen) atoms. The van der Waals surface area contributed by atoms with Gasteiger partial charge in [0.1, 0.15) is 5.69 Å². The van der Waals surface area contributed by atoms with E-state index in [1.807, 2.05) is 24.3 Å². The van der Waals surface area contributed by atoms with Crippen molar-refractivity contribution in [2.24, 2.45) is 5.73 Å². The van der Waals surface area contributed by atoms with Crippen molar-refractivity contribution in [3.8, 4) is 5.69 Å². The number of carbonyl (C=O) groups is 1. The number of primary amides is 1. The van der Waals surface area contributed by atoms with Gasteiger partial charge >= 0.3 is 0 Å².